The van der Waals surface area contributed by atoms with E-state index in [0.29, 0.717) is 35.2 Å². The van der Waals surface area contributed by atoms with E-state index in [1.54, 1.807) is 12.1 Å². The number of thiophene rings is 1. The largest absolute Gasteiger partial charge is 0.573 e. The van der Waals surface area contributed by atoms with Gasteiger partial charge in [-0.05, 0) is 35.7 Å². The van der Waals surface area contributed by atoms with E-state index in [1.165, 1.54) is 34.8 Å². The number of carbonyl (C=O) groups is 2. The van der Waals surface area contributed by atoms with E-state index in [9.17, 15) is 22.8 Å². The maximum Gasteiger partial charge on any atom is 0.573 e. The van der Waals surface area contributed by atoms with Crippen LogP contribution in [-0.4, -0.2) is 41.2 Å². The molecular formula is C20H17F3N4O3S2. The van der Waals surface area contributed by atoms with E-state index >= 15 is 0 Å². The monoisotopic (exact) mass is 482 g/mol. The van der Waals surface area contributed by atoms with Gasteiger partial charge in [0.25, 0.3) is 5.91 Å². The number of nitrogens with one attached hydrogen (secondary N) is 2. The van der Waals surface area contributed by atoms with Crippen molar-refractivity contribution in [2.75, 3.05) is 23.7 Å². The maximum atomic E-state index is 12.4. The number of halogens is 3. The number of alkyl halides is 3. The molecular weight excluding hydrogens is 465 g/mol. The molecule has 168 valence electrons. The maximum absolute atomic E-state index is 12.4. The Labute approximate surface area is 188 Å². The van der Waals surface area contributed by atoms with Crippen molar-refractivity contribution in [2.45, 2.75) is 19.3 Å². The predicted molar refractivity (Wildman–Crippen MR) is 115 cm³/mol. The van der Waals surface area contributed by atoms with Gasteiger partial charge in [-0.2, -0.15) is 0 Å². The van der Waals surface area contributed by atoms with Crippen LogP contribution in [0.3, 0.4) is 0 Å². The van der Waals surface area contributed by atoms with Gasteiger partial charge < -0.3 is 10.1 Å². The normalized spacial score (nSPS) is 14.0. The first-order chi connectivity index (χ1) is 15.2. The van der Waals surface area contributed by atoms with Gasteiger partial charge in [0.1, 0.15) is 5.75 Å². The summed E-state index contributed by atoms with van der Waals surface area (Å²) in [6, 6.07) is 8.52. The van der Waals surface area contributed by atoms with Gasteiger partial charge in [0.2, 0.25) is 5.91 Å². The van der Waals surface area contributed by atoms with E-state index in [1.807, 2.05) is 10.3 Å². The molecule has 0 atom stereocenters. The number of rotatable bonds is 6. The highest BCUT2D eigenvalue weighted by Gasteiger charge is 2.31. The van der Waals surface area contributed by atoms with Crippen molar-refractivity contribution in [3.8, 4) is 5.75 Å². The predicted octanol–water partition coefficient (Wildman–Crippen LogP) is 4.35. The standard InChI is InChI=1S/C20H17F3N4O3S2/c21-20(22,23)30-13-5-3-12(4-6-13)24-17(28)11-27-8-7-14-16(10-27)32-19(25-14)26-18(29)15-2-1-9-31-15/h1-6,9H,7-8,10-11H2,(H,24,28)(H,25,26,29). The molecule has 3 aromatic rings. The lowest BCUT2D eigenvalue weighted by molar-refractivity contribution is -0.274. The van der Waals surface area contributed by atoms with Crippen LogP contribution in [0.15, 0.2) is 41.8 Å². The third-order valence-corrected chi connectivity index (χ3v) is 6.38. The first-order valence-corrected chi connectivity index (χ1v) is 11.2. The van der Waals surface area contributed by atoms with Gasteiger partial charge in [-0.15, -0.1) is 35.8 Å². The Kier molecular flexibility index (Phi) is 6.44. The molecule has 32 heavy (non-hydrogen) atoms. The molecule has 12 heteroatoms. The number of ether oxygens (including phenoxy) is 1. The highest BCUT2D eigenvalue weighted by molar-refractivity contribution is 7.16. The number of hydrogen-bond donors (Lipinski definition) is 2. The van der Waals surface area contributed by atoms with Gasteiger partial charge in [0, 0.05) is 30.1 Å². The summed E-state index contributed by atoms with van der Waals surface area (Å²) >= 11 is 2.74. The zero-order valence-electron chi connectivity index (χ0n) is 16.4. The van der Waals surface area contributed by atoms with Crippen molar-refractivity contribution >= 4 is 45.3 Å². The summed E-state index contributed by atoms with van der Waals surface area (Å²) in [5.41, 5.74) is 1.28. The molecule has 3 heterocycles. The van der Waals surface area contributed by atoms with Crippen LogP contribution in [0.5, 0.6) is 5.75 Å². The lowest BCUT2D eigenvalue weighted by Crippen LogP contribution is -2.36. The number of thiazole rings is 1. The molecule has 2 N–H and O–H groups in total. The van der Waals surface area contributed by atoms with Crippen molar-refractivity contribution in [3.05, 3.63) is 57.2 Å². The number of fused-ring (bicyclic) bond motifs is 1. The van der Waals surface area contributed by atoms with Crippen LogP contribution >= 0.6 is 22.7 Å². The summed E-state index contributed by atoms with van der Waals surface area (Å²) in [7, 11) is 0. The molecule has 7 nitrogen and oxygen atoms in total. The van der Waals surface area contributed by atoms with Crippen LogP contribution in [0.25, 0.3) is 0 Å². The number of aromatic nitrogens is 1. The molecule has 0 unspecified atom stereocenters. The Balaban J connectivity index is 1.30. The van der Waals surface area contributed by atoms with Gasteiger partial charge in [-0.25, -0.2) is 4.98 Å². The fourth-order valence-electron chi connectivity index (χ4n) is 3.15. The van der Waals surface area contributed by atoms with Crippen LogP contribution in [0, 0.1) is 0 Å². The molecule has 0 saturated heterocycles. The zero-order chi connectivity index (χ0) is 22.7. The van der Waals surface area contributed by atoms with Gasteiger partial charge in [0.05, 0.1) is 17.1 Å². The first-order valence-electron chi connectivity index (χ1n) is 9.46. The zero-order valence-corrected chi connectivity index (χ0v) is 18.1. The third kappa shape index (κ3) is 5.84. The fraction of sp³-hybridized carbons (Fsp3) is 0.250. The average molecular weight is 483 g/mol. The van der Waals surface area contributed by atoms with Crippen LogP contribution in [0.1, 0.15) is 20.2 Å². The van der Waals surface area contributed by atoms with Gasteiger partial charge in [-0.1, -0.05) is 6.07 Å². The minimum Gasteiger partial charge on any atom is -0.406 e. The molecule has 4 rings (SSSR count). The molecule has 0 radical (unpaired) electrons. The number of hydrogen-bond acceptors (Lipinski definition) is 7. The second-order valence-electron chi connectivity index (χ2n) is 6.90. The number of carbonyl (C=O) groups excluding carboxylic acids is 2. The van der Waals surface area contributed by atoms with E-state index in [2.05, 4.69) is 20.4 Å². The molecule has 0 saturated carbocycles. The molecule has 1 aromatic carbocycles. The molecule has 1 aliphatic rings. The van der Waals surface area contributed by atoms with Crippen molar-refractivity contribution < 1.29 is 27.5 Å². The SMILES string of the molecule is O=C(CN1CCc2nc(NC(=O)c3cccs3)sc2C1)Nc1ccc(OC(F)(F)F)cc1. The molecule has 0 spiro atoms. The smallest absolute Gasteiger partial charge is 0.406 e. The summed E-state index contributed by atoms with van der Waals surface area (Å²) in [5.74, 6) is -0.839. The fourth-order valence-corrected chi connectivity index (χ4v) is 4.81. The van der Waals surface area contributed by atoms with E-state index in [-0.39, 0.29) is 24.1 Å². The van der Waals surface area contributed by atoms with Crippen LogP contribution in [0.4, 0.5) is 24.0 Å². The van der Waals surface area contributed by atoms with Crippen LogP contribution in [-0.2, 0) is 17.8 Å². The van der Waals surface area contributed by atoms with Gasteiger partial charge in [-0.3, -0.25) is 19.8 Å². The lowest BCUT2D eigenvalue weighted by Gasteiger charge is -2.25. The van der Waals surface area contributed by atoms with E-state index in [4.69, 9.17) is 0 Å². The Morgan fingerprint density at radius 2 is 1.94 bits per heavy atom. The minimum absolute atomic E-state index is 0.120. The summed E-state index contributed by atoms with van der Waals surface area (Å²) < 4.78 is 40.5. The molecule has 2 aromatic heterocycles. The first kappa shape index (κ1) is 22.2. The quantitative estimate of drug-likeness (QED) is 0.546. The molecule has 0 fully saturated rings. The van der Waals surface area contributed by atoms with Crippen molar-refractivity contribution in [1.82, 2.24) is 9.88 Å². The Hall–Kier alpha value is -2.96. The Morgan fingerprint density at radius 3 is 2.62 bits per heavy atom. The molecule has 0 bridgehead atoms. The molecule has 2 amide bonds. The summed E-state index contributed by atoms with van der Waals surface area (Å²) in [6.07, 6.45) is -4.11. The van der Waals surface area contributed by atoms with Crippen LogP contribution in [0.2, 0.25) is 0 Å². The van der Waals surface area contributed by atoms with Gasteiger partial charge >= 0.3 is 6.36 Å². The third-order valence-electron chi connectivity index (χ3n) is 4.51. The van der Waals surface area contributed by atoms with Crippen molar-refractivity contribution in [1.29, 1.82) is 0 Å². The highest BCUT2D eigenvalue weighted by atomic mass is 32.1. The summed E-state index contributed by atoms with van der Waals surface area (Å²) in [5, 5.41) is 7.83. The minimum atomic E-state index is -4.76. The lowest BCUT2D eigenvalue weighted by atomic mass is 10.2. The van der Waals surface area contributed by atoms with E-state index in [0.717, 1.165) is 22.7 Å². The van der Waals surface area contributed by atoms with E-state index < -0.39 is 6.36 Å². The topological polar surface area (TPSA) is 83.6 Å². The summed E-state index contributed by atoms with van der Waals surface area (Å²) in [4.78, 5) is 32.6. The van der Waals surface area contributed by atoms with Crippen molar-refractivity contribution in [2.24, 2.45) is 0 Å². The Morgan fingerprint density at radius 1 is 1.16 bits per heavy atom. The summed E-state index contributed by atoms with van der Waals surface area (Å²) in [6.45, 7) is 1.27. The second kappa shape index (κ2) is 9.27. The number of anilines is 2. The number of amides is 2. The van der Waals surface area contributed by atoms with Crippen LogP contribution < -0.4 is 15.4 Å². The molecule has 0 aliphatic carbocycles. The number of benzene rings is 1. The second-order valence-corrected chi connectivity index (χ2v) is 8.93. The Bertz CT molecular complexity index is 1100. The molecule has 1 aliphatic heterocycles. The van der Waals surface area contributed by atoms with Crippen molar-refractivity contribution in [3.63, 3.8) is 0 Å². The average Bonchev–Trinajstić information content (AvgIpc) is 3.37. The highest BCUT2D eigenvalue weighted by Crippen LogP contribution is 2.29. The number of nitrogens with zero attached hydrogens (tertiary/aromatic N) is 2. The van der Waals surface area contributed by atoms with Gasteiger partial charge in [0.15, 0.2) is 5.13 Å².